The van der Waals surface area contributed by atoms with Crippen molar-refractivity contribution in [1.82, 2.24) is 0 Å². The fourth-order valence-electron chi connectivity index (χ4n) is 4.67. The Bertz CT molecular complexity index is 1330. The molecule has 0 saturated carbocycles. The molecule has 8 rings (SSSR count). The van der Waals surface area contributed by atoms with Crippen LogP contribution in [0.25, 0.3) is 24.3 Å². The fourth-order valence-corrected chi connectivity index (χ4v) is 4.67. The minimum Gasteiger partial charge on any atom is -0.298 e. The van der Waals surface area contributed by atoms with Crippen molar-refractivity contribution in [3.63, 3.8) is 0 Å². The number of hydrogen-bond donors (Lipinski definition) is 0. The second-order valence-electron chi connectivity index (χ2n) is 9.30. The first-order valence-corrected chi connectivity index (χ1v) is 12.4. The van der Waals surface area contributed by atoms with Gasteiger partial charge in [0.25, 0.3) is 0 Å². The highest BCUT2D eigenvalue weighted by Gasteiger charge is 2.09. The summed E-state index contributed by atoms with van der Waals surface area (Å²) in [6.07, 6.45) is 14.3. The van der Waals surface area contributed by atoms with Gasteiger partial charge < -0.3 is 0 Å². The molecule has 0 atom stereocenters. The molecule has 0 saturated heterocycles. The first-order chi connectivity index (χ1) is 17.7. The third kappa shape index (κ3) is 5.67. The summed E-state index contributed by atoms with van der Waals surface area (Å²) < 4.78 is 0. The topological polar surface area (TPSA) is 34.1 Å². The van der Waals surface area contributed by atoms with Gasteiger partial charge in [-0.25, -0.2) is 0 Å². The van der Waals surface area contributed by atoms with Crippen molar-refractivity contribution in [2.45, 2.75) is 25.7 Å². The van der Waals surface area contributed by atoms with Gasteiger partial charge in [-0.3, -0.25) is 9.59 Å². The molecule has 4 aliphatic carbocycles. The summed E-state index contributed by atoms with van der Waals surface area (Å²) in [6.45, 7) is 0. The lowest BCUT2D eigenvalue weighted by atomic mass is 9.90. The van der Waals surface area contributed by atoms with E-state index in [1.165, 1.54) is 33.4 Å². The van der Waals surface area contributed by atoms with Crippen molar-refractivity contribution in [3.05, 3.63) is 141 Å². The first-order valence-electron chi connectivity index (χ1n) is 12.4. The summed E-state index contributed by atoms with van der Waals surface area (Å²) in [7, 11) is 0. The Morgan fingerprint density at radius 1 is 0.417 bits per heavy atom. The highest BCUT2D eigenvalue weighted by Crippen LogP contribution is 2.24. The SMILES string of the molecule is O=Cc1ccc(/C=C/c2cc3ccc2CCc2ccc(c(/C=C/c4ccc(C=O)cc4)c2)CC3)cc1. The summed E-state index contributed by atoms with van der Waals surface area (Å²) in [4.78, 5) is 21.8. The van der Waals surface area contributed by atoms with Crippen LogP contribution in [0.3, 0.4) is 0 Å². The Labute approximate surface area is 212 Å². The molecule has 0 unspecified atom stereocenters. The molecular weight excluding hydrogens is 440 g/mol. The van der Waals surface area contributed by atoms with Gasteiger partial charge in [-0.2, -0.15) is 0 Å². The molecule has 0 spiro atoms. The fraction of sp³-hybridized carbons (Fsp3) is 0.118. The van der Waals surface area contributed by atoms with Crippen molar-refractivity contribution >= 4 is 36.9 Å². The number of rotatable bonds is 6. The molecule has 0 aliphatic heterocycles. The normalized spacial score (nSPS) is 13.1. The zero-order chi connectivity index (χ0) is 24.7. The van der Waals surface area contributed by atoms with Gasteiger partial charge in [0.1, 0.15) is 12.6 Å². The Kier molecular flexibility index (Phi) is 7.14. The van der Waals surface area contributed by atoms with E-state index in [0.717, 1.165) is 49.4 Å². The summed E-state index contributed by atoms with van der Waals surface area (Å²) in [5.41, 5.74) is 11.4. The van der Waals surface area contributed by atoms with Crippen molar-refractivity contribution in [1.29, 1.82) is 0 Å². The third-order valence-corrected chi connectivity index (χ3v) is 6.84. The lowest BCUT2D eigenvalue weighted by Gasteiger charge is -2.15. The number of aldehydes is 2. The van der Waals surface area contributed by atoms with E-state index < -0.39 is 0 Å². The van der Waals surface area contributed by atoms with Crippen LogP contribution in [-0.4, -0.2) is 12.6 Å². The maximum Gasteiger partial charge on any atom is 0.150 e. The van der Waals surface area contributed by atoms with Gasteiger partial charge in [-0.15, -0.1) is 0 Å². The molecule has 0 N–H and O–H groups in total. The van der Waals surface area contributed by atoms with Gasteiger partial charge in [0, 0.05) is 11.1 Å². The van der Waals surface area contributed by atoms with Crippen LogP contribution in [0, 0.1) is 0 Å². The van der Waals surface area contributed by atoms with E-state index in [4.69, 9.17) is 0 Å². The van der Waals surface area contributed by atoms with E-state index in [0.29, 0.717) is 11.1 Å². The smallest absolute Gasteiger partial charge is 0.150 e. The lowest BCUT2D eigenvalue weighted by molar-refractivity contribution is 0.111. The molecule has 0 fully saturated rings. The Morgan fingerprint density at radius 2 is 0.806 bits per heavy atom. The molecule has 4 bridgehead atoms. The van der Waals surface area contributed by atoms with Gasteiger partial charge in [0.15, 0.2) is 0 Å². The average molecular weight is 469 g/mol. The van der Waals surface area contributed by atoms with Crippen LogP contribution >= 0.6 is 0 Å². The van der Waals surface area contributed by atoms with Crippen LogP contribution in [0.4, 0.5) is 0 Å². The molecular formula is C34H28O2. The highest BCUT2D eigenvalue weighted by atomic mass is 16.1. The van der Waals surface area contributed by atoms with E-state index in [1.54, 1.807) is 0 Å². The van der Waals surface area contributed by atoms with Gasteiger partial charge in [-0.05, 0) is 70.2 Å². The number of hydrogen-bond acceptors (Lipinski definition) is 2. The van der Waals surface area contributed by atoms with E-state index in [1.807, 2.05) is 48.5 Å². The van der Waals surface area contributed by atoms with Crippen molar-refractivity contribution < 1.29 is 9.59 Å². The van der Waals surface area contributed by atoms with Crippen LogP contribution in [0.5, 0.6) is 0 Å². The van der Waals surface area contributed by atoms with Crippen LogP contribution in [0.15, 0.2) is 84.9 Å². The number of aryl methyl sites for hydroxylation is 4. The van der Waals surface area contributed by atoms with Crippen molar-refractivity contribution in [2.24, 2.45) is 0 Å². The number of carbonyl (C=O) groups is 2. The zero-order valence-corrected chi connectivity index (χ0v) is 20.2. The van der Waals surface area contributed by atoms with Crippen LogP contribution in [0.2, 0.25) is 0 Å². The summed E-state index contributed by atoms with van der Waals surface area (Å²) >= 11 is 0. The molecule has 4 aliphatic rings. The van der Waals surface area contributed by atoms with Crippen LogP contribution < -0.4 is 0 Å². The minimum atomic E-state index is 0.694. The number of carbonyl (C=O) groups excluding carboxylic acids is 2. The third-order valence-electron chi connectivity index (χ3n) is 6.84. The number of benzene rings is 4. The summed E-state index contributed by atoms with van der Waals surface area (Å²) in [5, 5.41) is 0. The van der Waals surface area contributed by atoms with Gasteiger partial charge in [-0.1, -0.05) is 109 Å². The quantitative estimate of drug-likeness (QED) is 0.216. The van der Waals surface area contributed by atoms with Crippen molar-refractivity contribution in [3.8, 4) is 0 Å². The largest absolute Gasteiger partial charge is 0.298 e. The van der Waals surface area contributed by atoms with Crippen LogP contribution in [-0.2, 0) is 25.7 Å². The van der Waals surface area contributed by atoms with E-state index in [9.17, 15) is 9.59 Å². The maximum atomic E-state index is 10.9. The van der Waals surface area contributed by atoms with Gasteiger partial charge >= 0.3 is 0 Å². The van der Waals surface area contributed by atoms with E-state index in [2.05, 4.69) is 60.7 Å². The lowest BCUT2D eigenvalue weighted by Crippen LogP contribution is -2.02. The molecule has 4 aromatic rings. The molecule has 176 valence electrons. The molecule has 0 aromatic heterocycles. The standard InChI is InChI=1S/C34H28O2/c35-23-29-5-1-25(2-6-29)9-19-33-21-27-11-15-31(33)17-13-28-12-16-32(18-14-27)34(22-28)20-10-26-3-7-30(24-36)8-4-26/h1-12,15-16,19-24H,13-14,17-18H2/b19-9+,20-10+. The predicted molar refractivity (Wildman–Crippen MR) is 149 cm³/mol. The molecule has 4 aromatic carbocycles. The summed E-state index contributed by atoms with van der Waals surface area (Å²) in [5.74, 6) is 0. The Balaban J connectivity index is 1.39. The molecule has 0 amide bonds. The summed E-state index contributed by atoms with van der Waals surface area (Å²) in [6, 6.07) is 29.1. The molecule has 2 nitrogen and oxygen atoms in total. The van der Waals surface area contributed by atoms with E-state index in [-0.39, 0.29) is 0 Å². The molecule has 0 heterocycles. The second-order valence-corrected chi connectivity index (χ2v) is 9.30. The second kappa shape index (κ2) is 11.0. The first kappa shape index (κ1) is 23.4. The molecule has 36 heavy (non-hydrogen) atoms. The van der Waals surface area contributed by atoms with E-state index >= 15 is 0 Å². The molecule has 2 heteroatoms. The maximum absolute atomic E-state index is 10.9. The average Bonchev–Trinajstić information content (AvgIpc) is 2.93. The Morgan fingerprint density at radius 3 is 1.19 bits per heavy atom. The van der Waals surface area contributed by atoms with Gasteiger partial charge in [0.05, 0.1) is 0 Å². The van der Waals surface area contributed by atoms with Gasteiger partial charge in [0.2, 0.25) is 0 Å². The van der Waals surface area contributed by atoms with Crippen LogP contribution in [0.1, 0.15) is 65.2 Å². The monoisotopic (exact) mass is 468 g/mol. The van der Waals surface area contributed by atoms with Crippen molar-refractivity contribution in [2.75, 3.05) is 0 Å². The Hall–Kier alpha value is -4.30. The molecule has 0 radical (unpaired) electrons. The highest BCUT2D eigenvalue weighted by molar-refractivity contribution is 5.78. The zero-order valence-electron chi connectivity index (χ0n) is 20.2. The predicted octanol–water partition coefficient (Wildman–Crippen LogP) is 7.54. The minimum absolute atomic E-state index is 0.694.